The molecule has 32 heavy (non-hydrogen) atoms. The molecule has 5 heteroatoms. The number of alkyl halides is 1. The van der Waals surface area contributed by atoms with Gasteiger partial charge in [-0.1, -0.05) is 20.8 Å². The fourth-order valence-corrected chi connectivity index (χ4v) is 9.07. The van der Waals surface area contributed by atoms with E-state index in [0.717, 1.165) is 57.8 Å². The lowest BCUT2D eigenvalue weighted by Gasteiger charge is -2.63. The van der Waals surface area contributed by atoms with Gasteiger partial charge in [0.2, 0.25) is 0 Å². The Morgan fingerprint density at radius 1 is 1.03 bits per heavy atom. The van der Waals surface area contributed by atoms with E-state index >= 15 is 4.39 Å². The SMILES string of the molecule is COC(=O)CC[C@@H](C)[C@H]1CC[C@@]2(F)[C@@H]3CC[C@@H]4C[C@H](OC(C)=O)CC[C@]4(C)[C@H]3CC[C@]12C. The van der Waals surface area contributed by atoms with E-state index in [-0.39, 0.29) is 34.8 Å². The molecule has 4 nitrogen and oxygen atoms in total. The molecular weight excluding hydrogens is 407 g/mol. The molecule has 0 aromatic rings. The summed E-state index contributed by atoms with van der Waals surface area (Å²) in [6, 6.07) is 0. The van der Waals surface area contributed by atoms with Crippen molar-refractivity contribution in [3.8, 4) is 0 Å². The van der Waals surface area contributed by atoms with Crippen LogP contribution in [0.5, 0.6) is 0 Å². The lowest BCUT2D eigenvalue weighted by atomic mass is 9.43. The number of hydrogen-bond acceptors (Lipinski definition) is 4. The van der Waals surface area contributed by atoms with E-state index in [9.17, 15) is 9.59 Å². The molecule has 4 rings (SSSR count). The van der Waals surface area contributed by atoms with Gasteiger partial charge in [-0.05, 0) is 99.2 Å². The van der Waals surface area contributed by atoms with Crippen LogP contribution >= 0.6 is 0 Å². The molecule has 0 bridgehead atoms. The maximum Gasteiger partial charge on any atom is 0.305 e. The molecule has 0 spiro atoms. The van der Waals surface area contributed by atoms with Crippen molar-refractivity contribution >= 4 is 11.9 Å². The molecule has 4 aliphatic carbocycles. The van der Waals surface area contributed by atoms with E-state index in [0.29, 0.717) is 36.5 Å². The summed E-state index contributed by atoms with van der Waals surface area (Å²) < 4.78 is 27.6. The van der Waals surface area contributed by atoms with Crippen LogP contribution in [0.25, 0.3) is 0 Å². The Balaban J connectivity index is 1.50. The van der Waals surface area contributed by atoms with Crippen LogP contribution < -0.4 is 0 Å². The fraction of sp³-hybridized carbons (Fsp3) is 0.926. The number of esters is 2. The highest BCUT2D eigenvalue weighted by Crippen LogP contribution is 2.71. The number of hydrogen-bond donors (Lipinski definition) is 0. The molecule has 0 aliphatic heterocycles. The van der Waals surface area contributed by atoms with Crippen LogP contribution in [0.2, 0.25) is 0 Å². The first-order valence-electron chi connectivity index (χ1n) is 13.0. The summed E-state index contributed by atoms with van der Waals surface area (Å²) in [5, 5.41) is 0. The fourth-order valence-electron chi connectivity index (χ4n) is 9.07. The third-order valence-corrected chi connectivity index (χ3v) is 10.8. The second-order valence-electron chi connectivity index (χ2n) is 12.1. The van der Waals surface area contributed by atoms with Gasteiger partial charge in [-0.25, -0.2) is 4.39 Å². The Labute approximate surface area is 193 Å². The van der Waals surface area contributed by atoms with Gasteiger partial charge in [0.1, 0.15) is 11.8 Å². The highest BCUT2D eigenvalue weighted by Gasteiger charge is 2.68. The van der Waals surface area contributed by atoms with Gasteiger partial charge in [0, 0.05) is 18.8 Å². The zero-order valence-electron chi connectivity index (χ0n) is 20.8. The number of methoxy groups -OCH3 is 1. The first kappa shape index (κ1) is 24.0. The summed E-state index contributed by atoms with van der Waals surface area (Å²) in [6.45, 7) is 8.35. The molecule has 0 saturated heterocycles. The average Bonchev–Trinajstić information content (AvgIpc) is 3.03. The molecule has 0 heterocycles. The third kappa shape index (κ3) is 3.70. The maximum absolute atomic E-state index is 17.2. The minimum atomic E-state index is -1.10. The van der Waals surface area contributed by atoms with E-state index in [1.54, 1.807) is 0 Å². The monoisotopic (exact) mass is 450 g/mol. The number of carbonyl (C=O) groups excluding carboxylic acids is 2. The van der Waals surface area contributed by atoms with Gasteiger partial charge in [-0.3, -0.25) is 9.59 Å². The van der Waals surface area contributed by atoms with Crippen molar-refractivity contribution in [3.05, 3.63) is 0 Å². The Hall–Kier alpha value is -1.13. The number of ether oxygens (including phenoxy) is 2. The highest BCUT2D eigenvalue weighted by atomic mass is 19.1. The quantitative estimate of drug-likeness (QED) is 0.464. The standard InChI is InChI=1S/C27H43FO4/c1-17(6-9-24(30)31-5)21-12-15-27(28)23-8-7-19-16-20(32-18(2)29)10-13-25(19,3)22(23)11-14-26(21,27)4/h17,19-23H,6-16H2,1-5H3/t17-,19-,20-,21-,22+,23-,25+,26-,27-/m1/s1. The molecule has 9 atom stereocenters. The molecular formula is C27H43FO4. The van der Waals surface area contributed by atoms with Gasteiger partial charge in [-0.2, -0.15) is 0 Å². The van der Waals surface area contributed by atoms with Crippen LogP contribution in [0.1, 0.15) is 98.3 Å². The molecule has 0 radical (unpaired) electrons. The number of rotatable bonds is 5. The minimum absolute atomic E-state index is 0.0434. The zero-order valence-corrected chi connectivity index (χ0v) is 20.8. The van der Waals surface area contributed by atoms with E-state index in [2.05, 4.69) is 20.8 Å². The van der Waals surface area contributed by atoms with Gasteiger partial charge >= 0.3 is 11.9 Å². The first-order chi connectivity index (χ1) is 15.0. The molecule has 4 fully saturated rings. The van der Waals surface area contributed by atoms with Gasteiger partial charge in [0.15, 0.2) is 0 Å². The van der Waals surface area contributed by atoms with Gasteiger partial charge in [0.05, 0.1) is 7.11 Å². The number of carbonyl (C=O) groups is 2. The van der Waals surface area contributed by atoms with Crippen LogP contribution in [0, 0.1) is 40.4 Å². The maximum atomic E-state index is 17.2. The molecule has 0 amide bonds. The Morgan fingerprint density at radius 2 is 1.78 bits per heavy atom. The highest BCUT2D eigenvalue weighted by molar-refractivity contribution is 5.69. The lowest BCUT2D eigenvalue weighted by molar-refractivity contribution is -0.185. The topological polar surface area (TPSA) is 52.6 Å². The van der Waals surface area contributed by atoms with Crippen molar-refractivity contribution in [2.24, 2.45) is 40.4 Å². The molecule has 0 N–H and O–H groups in total. The van der Waals surface area contributed by atoms with Crippen molar-refractivity contribution in [1.29, 1.82) is 0 Å². The van der Waals surface area contributed by atoms with Crippen LogP contribution in [0.4, 0.5) is 4.39 Å². The summed E-state index contributed by atoms with van der Waals surface area (Å²) >= 11 is 0. The summed E-state index contributed by atoms with van der Waals surface area (Å²) in [7, 11) is 1.44. The number of fused-ring (bicyclic) bond motifs is 5. The normalized spacial score (nSPS) is 46.4. The summed E-state index contributed by atoms with van der Waals surface area (Å²) in [5.74, 6) is 1.44. The van der Waals surface area contributed by atoms with Gasteiger partial charge in [0.25, 0.3) is 0 Å². The Morgan fingerprint density at radius 3 is 2.47 bits per heavy atom. The predicted octanol–water partition coefficient (Wildman–Crippen LogP) is 6.26. The van der Waals surface area contributed by atoms with Crippen LogP contribution in [0.3, 0.4) is 0 Å². The summed E-state index contributed by atoms with van der Waals surface area (Å²) in [6.07, 6.45) is 9.86. The lowest BCUT2D eigenvalue weighted by Crippen LogP contribution is -2.60. The van der Waals surface area contributed by atoms with Crippen molar-refractivity contribution in [2.75, 3.05) is 7.11 Å². The second-order valence-corrected chi connectivity index (χ2v) is 12.1. The predicted molar refractivity (Wildman–Crippen MR) is 122 cm³/mol. The van der Waals surface area contributed by atoms with Gasteiger partial charge < -0.3 is 9.47 Å². The molecule has 0 aromatic carbocycles. The molecule has 4 saturated carbocycles. The average molecular weight is 451 g/mol. The third-order valence-electron chi connectivity index (χ3n) is 10.8. The Kier molecular flexibility index (Phi) is 6.44. The van der Waals surface area contributed by atoms with E-state index in [1.807, 2.05) is 0 Å². The molecule has 182 valence electrons. The first-order valence-corrected chi connectivity index (χ1v) is 13.0. The summed E-state index contributed by atoms with van der Waals surface area (Å²) in [4.78, 5) is 23.1. The minimum Gasteiger partial charge on any atom is -0.469 e. The largest absolute Gasteiger partial charge is 0.469 e. The smallest absolute Gasteiger partial charge is 0.305 e. The van der Waals surface area contributed by atoms with E-state index in [1.165, 1.54) is 14.0 Å². The van der Waals surface area contributed by atoms with Crippen LogP contribution in [-0.4, -0.2) is 30.8 Å². The van der Waals surface area contributed by atoms with Crippen molar-refractivity contribution in [3.63, 3.8) is 0 Å². The molecule has 4 aliphatic rings. The van der Waals surface area contributed by atoms with Crippen LogP contribution in [0.15, 0.2) is 0 Å². The Bertz CT molecular complexity index is 739. The molecule has 0 unspecified atom stereocenters. The van der Waals surface area contributed by atoms with Crippen molar-refractivity contribution in [2.45, 2.75) is 110 Å². The number of halogens is 1. The van der Waals surface area contributed by atoms with Crippen molar-refractivity contribution in [1.82, 2.24) is 0 Å². The second kappa shape index (κ2) is 8.58. The van der Waals surface area contributed by atoms with E-state index < -0.39 is 5.67 Å². The van der Waals surface area contributed by atoms with E-state index in [4.69, 9.17) is 9.47 Å². The zero-order chi connectivity index (χ0) is 23.3. The summed E-state index contributed by atoms with van der Waals surface area (Å²) in [5.41, 5.74) is -1.22. The van der Waals surface area contributed by atoms with Gasteiger partial charge in [-0.15, -0.1) is 0 Å². The molecule has 0 aromatic heterocycles. The van der Waals surface area contributed by atoms with Crippen molar-refractivity contribution < 1.29 is 23.5 Å². The van der Waals surface area contributed by atoms with Crippen LogP contribution in [-0.2, 0) is 19.1 Å².